The molecule has 0 N–H and O–H groups in total. The summed E-state index contributed by atoms with van der Waals surface area (Å²) in [6, 6.07) is 0. The second-order valence-corrected chi connectivity index (χ2v) is 5.02. The summed E-state index contributed by atoms with van der Waals surface area (Å²) in [5.41, 5.74) is 1.11. The lowest BCUT2D eigenvalue weighted by Crippen LogP contribution is -2.17. The third kappa shape index (κ3) is 3.12. The van der Waals surface area contributed by atoms with E-state index >= 15 is 0 Å². The van der Waals surface area contributed by atoms with Gasteiger partial charge in [0.25, 0.3) is 0 Å². The summed E-state index contributed by atoms with van der Waals surface area (Å²) in [6.45, 7) is 12.9. The molecule has 0 spiro atoms. The van der Waals surface area contributed by atoms with Crippen molar-refractivity contribution in [1.29, 1.82) is 0 Å². The van der Waals surface area contributed by atoms with Crippen molar-refractivity contribution in [2.75, 3.05) is 0 Å². The number of oxazole rings is 1. The molecule has 0 aliphatic carbocycles. The van der Waals surface area contributed by atoms with Crippen LogP contribution in [0.5, 0.6) is 0 Å². The van der Waals surface area contributed by atoms with Gasteiger partial charge in [-0.2, -0.15) is 0 Å². The second kappa shape index (κ2) is 4.87. The van der Waals surface area contributed by atoms with Crippen molar-refractivity contribution in [2.24, 2.45) is 0 Å². The summed E-state index contributed by atoms with van der Waals surface area (Å²) in [7, 11) is 2.07. The van der Waals surface area contributed by atoms with Crippen molar-refractivity contribution in [3.63, 3.8) is 0 Å². The van der Waals surface area contributed by atoms with Crippen LogP contribution < -0.4 is 5.79 Å². The Kier molecular flexibility index (Phi) is 4.00. The maximum atomic E-state index is 5.78. The summed E-state index contributed by atoms with van der Waals surface area (Å²) in [5.74, 6) is 3.13. The van der Waals surface area contributed by atoms with Gasteiger partial charge < -0.3 is 4.42 Å². The monoisotopic (exact) mass is 206 g/mol. The van der Waals surface area contributed by atoms with Crippen LogP contribution in [0.2, 0.25) is 5.82 Å². The molecule has 1 radical (unpaired) electrons. The fourth-order valence-electron chi connectivity index (χ4n) is 1.55. The Morgan fingerprint density at radius 2 is 1.60 bits per heavy atom. The predicted octanol–water partition coefficient (Wildman–Crippen LogP) is 3.08. The van der Waals surface area contributed by atoms with Gasteiger partial charge >= 0.3 is 0 Å². The van der Waals surface area contributed by atoms with Gasteiger partial charge in [0, 0.05) is 5.92 Å². The van der Waals surface area contributed by atoms with Crippen LogP contribution in [0.3, 0.4) is 0 Å². The van der Waals surface area contributed by atoms with Gasteiger partial charge in [0.2, 0.25) is 7.28 Å². The van der Waals surface area contributed by atoms with E-state index in [1.165, 1.54) is 0 Å². The van der Waals surface area contributed by atoms with Crippen LogP contribution in [0.15, 0.2) is 4.42 Å². The molecule has 15 heavy (non-hydrogen) atoms. The van der Waals surface area contributed by atoms with Gasteiger partial charge in [0.1, 0.15) is 11.6 Å². The molecule has 0 bridgehead atoms. The SMILES string of the molecule is CC(C)[B]c1nc(C(C)C)c(C(C)C)o1. The van der Waals surface area contributed by atoms with Crippen molar-refractivity contribution in [1.82, 2.24) is 4.98 Å². The van der Waals surface area contributed by atoms with Crippen LogP contribution >= 0.6 is 0 Å². The van der Waals surface area contributed by atoms with Gasteiger partial charge in [-0.1, -0.05) is 47.4 Å². The smallest absolute Gasteiger partial charge is 0.232 e. The quantitative estimate of drug-likeness (QED) is 0.707. The highest BCUT2D eigenvalue weighted by Gasteiger charge is 2.19. The van der Waals surface area contributed by atoms with Crippen LogP contribution in [0.4, 0.5) is 0 Å². The van der Waals surface area contributed by atoms with E-state index in [4.69, 9.17) is 4.42 Å². The van der Waals surface area contributed by atoms with E-state index in [-0.39, 0.29) is 0 Å². The highest BCUT2D eigenvalue weighted by Crippen LogP contribution is 2.23. The highest BCUT2D eigenvalue weighted by molar-refractivity contribution is 6.52. The topological polar surface area (TPSA) is 26.0 Å². The molecule has 0 aliphatic heterocycles. The number of nitrogens with zero attached hydrogens (tertiary/aromatic N) is 1. The Balaban J connectivity index is 2.98. The molecule has 0 saturated carbocycles. The minimum absolute atomic E-state index is 0.407. The van der Waals surface area contributed by atoms with Gasteiger partial charge in [0.15, 0.2) is 0 Å². The van der Waals surface area contributed by atoms with Crippen LogP contribution in [-0.2, 0) is 0 Å². The van der Waals surface area contributed by atoms with Crippen molar-refractivity contribution in [3.05, 3.63) is 11.5 Å². The Morgan fingerprint density at radius 3 is 1.93 bits per heavy atom. The second-order valence-electron chi connectivity index (χ2n) is 5.02. The molecule has 0 aliphatic rings. The lowest BCUT2D eigenvalue weighted by atomic mass is 9.66. The Morgan fingerprint density at radius 1 is 1.00 bits per heavy atom. The van der Waals surface area contributed by atoms with Crippen molar-refractivity contribution >= 4 is 13.1 Å². The normalized spacial score (nSPS) is 11.8. The summed E-state index contributed by atoms with van der Waals surface area (Å²) in [4.78, 5) is 4.55. The first-order chi connectivity index (χ1) is 6.91. The van der Waals surface area contributed by atoms with E-state index in [0.29, 0.717) is 17.7 Å². The number of hydrogen-bond donors (Lipinski definition) is 0. The fourth-order valence-corrected chi connectivity index (χ4v) is 1.55. The molecule has 2 nitrogen and oxygen atoms in total. The molecule has 0 amide bonds. The first-order valence-corrected chi connectivity index (χ1v) is 5.77. The zero-order valence-corrected chi connectivity index (χ0v) is 10.7. The fraction of sp³-hybridized carbons (Fsp3) is 0.750. The molecule has 0 atom stereocenters. The molecular weight excluding hydrogens is 185 g/mol. The van der Waals surface area contributed by atoms with Crippen LogP contribution in [0.1, 0.15) is 64.8 Å². The lowest BCUT2D eigenvalue weighted by Gasteiger charge is -2.05. The molecule has 0 unspecified atom stereocenters. The summed E-state index contributed by atoms with van der Waals surface area (Å²) >= 11 is 0. The van der Waals surface area contributed by atoms with Gasteiger partial charge in [0.05, 0.1) is 5.69 Å². The van der Waals surface area contributed by atoms with E-state index < -0.39 is 0 Å². The molecule has 1 heterocycles. The number of aromatic nitrogens is 1. The Labute approximate surface area is 93.7 Å². The standard InChI is InChI=1S/C12H21BNO/c1-7(2)10-11(8(3)4)15-12(14-10)13-9(5)6/h7-9H,1-6H3. The lowest BCUT2D eigenvalue weighted by molar-refractivity contribution is 0.500. The highest BCUT2D eigenvalue weighted by atomic mass is 16.3. The van der Waals surface area contributed by atoms with Crippen molar-refractivity contribution < 1.29 is 4.42 Å². The van der Waals surface area contributed by atoms with E-state index in [1.807, 2.05) is 0 Å². The molecule has 83 valence electrons. The minimum atomic E-state index is 0.407. The first kappa shape index (κ1) is 12.3. The Bertz CT molecular complexity index is 290. The third-order valence-corrected chi connectivity index (χ3v) is 2.24. The Hall–Kier alpha value is -0.725. The molecule has 3 heteroatoms. The molecule has 0 aromatic carbocycles. The van der Waals surface area contributed by atoms with E-state index in [9.17, 15) is 0 Å². The molecule has 1 rings (SSSR count). The number of rotatable bonds is 4. The molecule has 1 aromatic heterocycles. The van der Waals surface area contributed by atoms with Gasteiger partial charge in [-0.05, 0) is 5.92 Å². The molecular formula is C12H21BNO. The summed E-state index contributed by atoms with van der Waals surface area (Å²) in [5, 5.41) is 0. The zero-order valence-electron chi connectivity index (χ0n) is 10.7. The van der Waals surface area contributed by atoms with Gasteiger partial charge in [-0.25, -0.2) is 4.98 Å². The summed E-state index contributed by atoms with van der Waals surface area (Å²) < 4.78 is 5.78. The van der Waals surface area contributed by atoms with E-state index in [2.05, 4.69) is 53.8 Å². The third-order valence-electron chi connectivity index (χ3n) is 2.24. The van der Waals surface area contributed by atoms with Crippen LogP contribution in [-0.4, -0.2) is 12.3 Å². The molecule has 1 aromatic rings. The average molecular weight is 206 g/mol. The van der Waals surface area contributed by atoms with E-state index in [0.717, 1.165) is 17.2 Å². The average Bonchev–Trinajstić information content (AvgIpc) is 2.46. The number of hydrogen-bond acceptors (Lipinski definition) is 2. The minimum Gasteiger partial charge on any atom is -0.456 e. The largest absolute Gasteiger partial charge is 0.456 e. The summed E-state index contributed by atoms with van der Waals surface area (Å²) in [6.07, 6.45) is 0. The first-order valence-electron chi connectivity index (χ1n) is 5.77. The molecule has 0 saturated heterocycles. The maximum absolute atomic E-state index is 5.78. The van der Waals surface area contributed by atoms with E-state index in [1.54, 1.807) is 0 Å². The van der Waals surface area contributed by atoms with Gasteiger partial charge in [-0.3, -0.25) is 0 Å². The van der Waals surface area contributed by atoms with Crippen molar-refractivity contribution in [3.8, 4) is 0 Å². The van der Waals surface area contributed by atoms with Crippen LogP contribution in [0, 0.1) is 0 Å². The zero-order chi connectivity index (χ0) is 11.6. The van der Waals surface area contributed by atoms with Crippen LogP contribution in [0.25, 0.3) is 0 Å². The molecule has 0 fully saturated rings. The predicted molar refractivity (Wildman–Crippen MR) is 65.2 cm³/mol. The van der Waals surface area contributed by atoms with Crippen molar-refractivity contribution in [2.45, 2.75) is 59.2 Å². The maximum Gasteiger partial charge on any atom is 0.232 e. The van der Waals surface area contributed by atoms with Gasteiger partial charge in [-0.15, -0.1) is 0 Å².